The Hall–Kier alpha value is -4.95. The minimum Gasteiger partial charge on any atom is -0.480 e. The quantitative estimate of drug-likeness (QED) is 0.0487. The number of hydrogen-bond donors (Lipinski definition) is 9. The molecule has 0 saturated carbocycles. The van der Waals surface area contributed by atoms with Gasteiger partial charge < -0.3 is 49.0 Å². The Labute approximate surface area is 267 Å². The third-order valence-electron chi connectivity index (χ3n) is 7.51. The molecule has 0 radical (unpaired) electrons. The molecular formula is C32H45N9O5. The maximum atomic E-state index is 13.9. The number of nitrogens with zero attached hydrogens (tertiary/aromatic N) is 1. The summed E-state index contributed by atoms with van der Waals surface area (Å²) in [4.78, 5) is 59.5. The van der Waals surface area contributed by atoms with Crippen LogP contribution in [0.15, 0.2) is 65.8 Å². The van der Waals surface area contributed by atoms with E-state index < -0.39 is 47.9 Å². The van der Waals surface area contributed by atoms with Gasteiger partial charge in [0.2, 0.25) is 17.7 Å². The SMILES string of the molecule is NCCCCC(NC(=O)C(CCCN=C(N)N)NC(=O)C(Cc1c[nH]c2ccccc12)NC(=O)C(N)Cc1ccccc1)C(=O)O. The number of H-pyrrole nitrogens is 1. The lowest BCUT2D eigenvalue weighted by molar-refractivity contribution is -0.142. The van der Waals surface area contributed by atoms with Crippen molar-refractivity contribution in [3.63, 3.8) is 0 Å². The zero-order chi connectivity index (χ0) is 33.5. The van der Waals surface area contributed by atoms with Crippen LogP contribution in [0.1, 0.15) is 43.2 Å². The summed E-state index contributed by atoms with van der Waals surface area (Å²) in [5.74, 6) is -3.18. The van der Waals surface area contributed by atoms with Gasteiger partial charge in [0, 0.05) is 30.1 Å². The lowest BCUT2D eigenvalue weighted by Crippen LogP contribution is -2.57. The molecule has 4 unspecified atom stereocenters. The minimum atomic E-state index is -1.20. The second-order valence-corrected chi connectivity index (χ2v) is 11.1. The van der Waals surface area contributed by atoms with Crippen LogP contribution in [0.5, 0.6) is 0 Å². The van der Waals surface area contributed by atoms with Gasteiger partial charge in [-0.25, -0.2) is 4.79 Å². The predicted octanol–water partition coefficient (Wildman–Crippen LogP) is 0.00200. The fourth-order valence-electron chi connectivity index (χ4n) is 5.04. The van der Waals surface area contributed by atoms with Gasteiger partial charge in [-0.3, -0.25) is 19.4 Å². The Bertz CT molecular complexity index is 1470. The molecule has 3 amide bonds. The summed E-state index contributed by atoms with van der Waals surface area (Å²) in [7, 11) is 0. The second-order valence-electron chi connectivity index (χ2n) is 11.1. The molecule has 3 aromatic rings. The number of aromatic amines is 1. The van der Waals surface area contributed by atoms with E-state index in [0.717, 1.165) is 22.0 Å². The highest BCUT2D eigenvalue weighted by Crippen LogP contribution is 2.19. The fourth-order valence-corrected chi connectivity index (χ4v) is 5.04. The summed E-state index contributed by atoms with van der Waals surface area (Å²) in [6.07, 6.45) is 3.79. The van der Waals surface area contributed by atoms with E-state index in [9.17, 15) is 24.3 Å². The topological polar surface area (TPSA) is 257 Å². The molecule has 0 saturated heterocycles. The molecule has 14 heteroatoms. The first-order valence-electron chi connectivity index (χ1n) is 15.3. The molecule has 0 spiro atoms. The average Bonchev–Trinajstić information content (AvgIpc) is 3.44. The maximum absolute atomic E-state index is 13.9. The van der Waals surface area contributed by atoms with Crippen molar-refractivity contribution in [2.75, 3.05) is 13.1 Å². The first-order chi connectivity index (χ1) is 22.1. The van der Waals surface area contributed by atoms with E-state index in [4.69, 9.17) is 22.9 Å². The highest BCUT2D eigenvalue weighted by Gasteiger charge is 2.31. The Morgan fingerprint density at radius 2 is 1.41 bits per heavy atom. The third kappa shape index (κ3) is 11.2. The number of carbonyl (C=O) groups excluding carboxylic acids is 3. The first kappa shape index (κ1) is 35.5. The molecule has 0 fully saturated rings. The van der Waals surface area contributed by atoms with Crippen LogP contribution < -0.4 is 38.9 Å². The van der Waals surface area contributed by atoms with Gasteiger partial charge >= 0.3 is 5.97 Å². The molecule has 0 aliphatic carbocycles. The van der Waals surface area contributed by atoms with Gasteiger partial charge in [0.15, 0.2) is 5.96 Å². The van der Waals surface area contributed by atoms with Crippen molar-refractivity contribution >= 4 is 40.6 Å². The summed E-state index contributed by atoms with van der Waals surface area (Å²) in [6, 6.07) is 12.4. The summed E-state index contributed by atoms with van der Waals surface area (Å²) in [5, 5.41) is 18.6. The fraction of sp³-hybridized carbons (Fsp3) is 0.406. The first-order valence-corrected chi connectivity index (χ1v) is 15.3. The number of benzene rings is 2. The number of hydrogen-bond acceptors (Lipinski definition) is 7. The van der Waals surface area contributed by atoms with Gasteiger partial charge in [-0.1, -0.05) is 48.5 Å². The number of amides is 3. The number of aliphatic imine (C=N–C) groups is 1. The van der Waals surface area contributed by atoms with Gasteiger partial charge in [-0.05, 0) is 62.3 Å². The molecule has 0 aliphatic heterocycles. The van der Waals surface area contributed by atoms with Gasteiger partial charge in [0.1, 0.15) is 18.1 Å². The van der Waals surface area contributed by atoms with Gasteiger partial charge in [-0.15, -0.1) is 0 Å². The van der Waals surface area contributed by atoms with Crippen LogP contribution in [0, 0.1) is 0 Å². The number of aliphatic carboxylic acids is 1. The highest BCUT2D eigenvalue weighted by molar-refractivity contribution is 5.95. The molecular weight excluding hydrogens is 590 g/mol. The molecule has 46 heavy (non-hydrogen) atoms. The van der Waals surface area contributed by atoms with Gasteiger partial charge in [0.05, 0.1) is 6.04 Å². The van der Waals surface area contributed by atoms with E-state index in [1.165, 1.54) is 0 Å². The number of guanidine groups is 1. The molecule has 1 heterocycles. The number of carboxylic acids is 1. The molecule has 3 rings (SSSR count). The van der Waals surface area contributed by atoms with Crippen LogP contribution >= 0.6 is 0 Å². The smallest absolute Gasteiger partial charge is 0.326 e. The van der Waals surface area contributed by atoms with Crippen molar-refractivity contribution in [3.8, 4) is 0 Å². The molecule has 0 bridgehead atoms. The molecule has 0 aliphatic rings. The van der Waals surface area contributed by atoms with Crippen LogP contribution in [0.25, 0.3) is 10.9 Å². The molecule has 4 atom stereocenters. The van der Waals surface area contributed by atoms with Gasteiger partial charge in [-0.2, -0.15) is 0 Å². The number of nitrogens with two attached hydrogens (primary N) is 4. The largest absolute Gasteiger partial charge is 0.480 e. The second kappa shape index (κ2) is 18.1. The number of carboxylic acid groups (broad SMARTS) is 1. The summed E-state index contributed by atoms with van der Waals surface area (Å²) in [5.41, 5.74) is 25.1. The van der Waals surface area contributed by atoms with E-state index >= 15 is 0 Å². The number of nitrogens with one attached hydrogen (secondary N) is 4. The zero-order valence-electron chi connectivity index (χ0n) is 25.8. The summed E-state index contributed by atoms with van der Waals surface area (Å²) in [6.45, 7) is 0.576. The standard InChI is InChI=1S/C32H45N9O5/c33-15-7-6-13-26(31(45)46)40-29(43)25(14-8-16-37-32(35)36)39-30(44)27(18-21-19-38-24-12-5-4-11-22(21)24)41-28(42)23(34)17-20-9-2-1-3-10-20/h1-5,9-12,19,23,25-27,38H,6-8,13-18,33-34H2,(H,39,44)(H,40,43)(H,41,42)(H,45,46)(H4,35,36,37). The lowest BCUT2D eigenvalue weighted by atomic mass is 10.0. The zero-order valence-corrected chi connectivity index (χ0v) is 25.8. The van der Waals surface area contributed by atoms with Crippen molar-refractivity contribution < 1.29 is 24.3 Å². The Kier molecular flexibility index (Phi) is 14.0. The van der Waals surface area contributed by atoms with Crippen molar-refractivity contribution in [2.24, 2.45) is 27.9 Å². The average molecular weight is 636 g/mol. The molecule has 2 aromatic carbocycles. The Balaban J connectivity index is 1.83. The van der Waals surface area contributed by atoms with E-state index in [1.54, 1.807) is 6.20 Å². The van der Waals surface area contributed by atoms with Crippen LogP contribution in [0.3, 0.4) is 0 Å². The maximum Gasteiger partial charge on any atom is 0.326 e. The molecule has 248 valence electrons. The number of unbranched alkanes of at least 4 members (excludes halogenated alkanes) is 1. The highest BCUT2D eigenvalue weighted by atomic mass is 16.4. The molecule has 13 N–H and O–H groups in total. The van der Waals surface area contributed by atoms with E-state index in [0.29, 0.717) is 25.8 Å². The van der Waals surface area contributed by atoms with Crippen LogP contribution in [-0.4, -0.2) is 77.0 Å². The number of carbonyl (C=O) groups is 4. The molecule has 1 aromatic heterocycles. The number of aromatic nitrogens is 1. The summed E-state index contributed by atoms with van der Waals surface area (Å²) < 4.78 is 0. The van der Waals surface area contributed by atoms with Crippen LogP contribution in [-0.2, 0) is 32.0 Å². The van der Waals surface area contributed by atoms with E-state index in [-0.39, 0.29) is 38.2 Å². The predicted molar refractivity (Wildman–Crippen MR) is 176 cm³/mol. The van der Waals surface area contributed by atoms with E-state index in [1.807, 2.05) is 54.6 Å². The van der Waals surface area contributed by atoms with Crippen molar-refractivity contribution in [1.82, 2.24) is 20.9 Å². The van der Waals surface area contributed by atoms with Crippen molar-refractivity contribution in [1.29, 1.82) is 0 Å². The summed E-state index contributed by atoms with van der Waals surface area (Å²) >= 11 is 0. The third-order valence-corrected chi connectivity index (χ3v) is 7.51. The van der Waals surface area contributed by atoms with Crippen molar-refractivity contribution in [2.45, 2.75) is 69.1 Å². The van der Waals surface area contributed by atoms with Gasteiger partial charge in [0.25, 0.3) is 0 Å². The Morgan fingerprint density at radius 3 is 2.11 bits per heavy atom. The van der Waals surface area contributed by atoms with E-state index in [2.05, 4.69) is 25.9 Å². The lowest BCUT2D eigenvalue weighted by Gasteiger charge is -2.25. The van der Waals surface area contributed by atoms with Crippen molar-refractivity contribution in [3.05, 3.63) is 71.9 Å². The number of para-hydroxylation sites is 1. The normalized spacial score (nSPS) is 13.6. The number of fused-ring (bicyclic) bond motifs is 1. The Morgan fingerprint density at radius 1 is 0.783 bits per heavy atom. The molecule has 14 nitrogen and oxygen atoms in total. The van der Waals surface area contributed by atoms with Crippen LogP contribution in [0.2, 0.25) is 0 Å². The number of rotatable bonds is 19. The minimum absolute atomic E-state index is 0.0961. The monoisotopic (exact) mass is 635 g/mol. The van der Waals surface area contributed by atoms with Crippen LogP contribution in [0.4, 0.5) is 0 Å².